The third-order valence-corrected chi connectivity index (χ3v) is 3.66. The lowest BCUT2D eigenvalue weighted by atomic mass is 10.0. The summed E-state index contributed by atoms with van der Waals surface area (Å²) in [7, 11) is 1.62. The van der Waals surface area contributed by atoms with E-state index >= 15 is 0 Å². The number of halogens is 3. The lowest BCUT2D eigenvalue weighted by Gasteiger charge is -2.34. The highest BCUT2D eigenvalue weighted by atomic mass is 19.4. The van der Waals surface area contributed by atoms with Crippen LogP contribution in [0.4, 0.5) is 18.9 Å². The maximum atomic E-state index is 13.1. The molecule has 1 N–H and O–H groups in total. The van der Waals surface area contributed by atoms with Crippen molar-refractivity contribution in [3.63, 3.8) is 0 Å². The van der Waals surface area contributed by atoms with Crippen molar-refractivity contribution >= 4 is 5.69 Å². The molecular formula is C14H18F3NO2. The molecule has 1 heterocycles. The number of hydrogen-bond acceptors (Lipinski definition) is 3. The molecule has 0 unspecified atom stereocenters. The molecule has 1 saturated heterocycles. The molecule has 0 radical (unpaired) electrons. The van der Waals surface area contributed by atoms with E-state index in [2.05, 4.69) is 0 Å². The molecule has 0 aromatic heterocycles. The number of rotatable bonds is 3. The molecule has 6 heteroatoms. The number of methoxy groups -OCH3 is 1. The quantitative estimate of drug-likeness (QED) is 0.928. The number of benzene rings is 1. The molecule has 3 nitrogen and oxygen atoms in total. The van der Waals surface area contributed by atoms with Crippen molar-refractivity contribution < 1.29 is 23.0 Å². The number of anilines is 1. The summed E-state index contributed by atoms with van der Waals surface area (Å²) in [4.78, 5) is 1.74. The molecule has 1 fully saturated rings. The first kappa shape index (κ1) is 15.1. The van der Waals surface area contributed by atoms with Gasteiger partial charge in [-0.1, -0.05) is 6.07 Å². The number of hydrogen-bond donors (Lipinski definition) is 1. The lowest BCUT2D eigenvalue weighted by Crippen LogP contribution is -2.37. The molecule has 2 rings (SSSR count). The first-order chi connectivity index (χ1) is 9.45. The summed E-state index contributed by atoms with van der Waals surface area (Å²) in [6.07, 6.45) is -2.86. The Kier molecular flexibility index (Phi) is 4.55. The van der Waals surface area contributed by atoms with Crippen LogP contribution in [0.25, 0.3) is 0 Å². The fourth-order valence-electron chi connectivity index (χ4n) is 2.52. The second kappa shape index (κ2) is 6.01. The van der Waals surface area contributed by atoms with Crippen molar-refractivity contribution in [2.45, 2.75) is 31.7 Å². The molecule has 0 bridgehead atoms. The predicted molar refractivity (Wildman–Crippen MR) is 69.6 cm³/mol. The Morgan fingerprint density at radius 3 is 2.45 bits per heavy atom. The van der Waals surface area contributed by atoms with Crippen molar-refractivity contribution in [3.05, 3.63) is 29.3 Å². The minimum Gasteiger partial charge on any atom is -0.392 e. The molecule has 0 spiro atoms. The molecule has 1 aromatic carbocycles. The van der Waals surface area contributed by atoms with E-state index in [0.717, 1.165) is 18.9 Å². The molecule has 1 aliphatic rings. The molecule has 0 saturated carbocycles. The van der Waals surface area contributed by atoms with Gasteiger partial charge in [0.15, 0.2) is 0 Å². The van der Waals surface area contributed by atoms with E-state index in [4.69, 9.17) is 9.84 Å². The van der Waals surface area contributed by atoms with Crippen LogP contribution < -0.4 is 4.90 Å². The zero-order valence-electron chi connectivity index (χ0n) is 11.3. The number of ether oxygens (including phenoxy) is 1. The smallest absolute Gasteiger partial charge is 0.392 e. The van der Waals surface area contributed by atoms with Crippen LogP contribution in [0.5, 0.6) is 0 Å². The van der Waals surface area contributed by atoms with Crippen LogP contribution >= 0.6 is 0 Å². The molecule has 1 aliphatic heterocycles. The third-order valence-electron chi connectivity index (χ3n) is 3.66. The SMILES string of the molecule is COC1CCN(c2ccc(CO)cc2C(F)(F)F)CC1. The number of aliphatic hydroxyl groups is 1. The van der Waals surface area contributed by atoms with Gasteiger partial charge in [0, 0.05) is 25.9 Å². The Labute approximate surface area is 116 Å². The zero-order valence-corrected chi connectivity index (χ0v) is 11.3. The third kappa shape index (κ3) is 3.24. The molecule has 1 aromatic rings. The van der Waals surface area contributed by atoms with Gasteiger partial charge >= 0.3 is 6.18 Å². The summed E-state index contributed by atoms with van der Waals surface area (Å²) in [5.41, 5.74) is -0.225. The van der Waals surface area contributed by atoms with Crippen LogP contribution in [0, 0.1) is 0 Å². The van der Waals surface area contributed by atoms with Gasteiger partial charge in [-0.25, -0.2) is 0 Å². The number of nitrogens with zero attached hydrogens (tertiary/aromatic N) is 1. The van der Waals surface area contributed by atoms with E-state index < -0.39 is 18.3 Å². The first-order valence-electron chi connectivity index (χ1n) is 6.54. The standard InChI is InChI=1S/C14H18F3NO2/c1-20-11-4-6-18(7-5-11)13-3-2-10(9-19)8-12(13)14(15,16)17/h2-3,8,11,19H,4-7,9H2,1H3. The summed E-state index contributed by atoms with van der Waals surface area (Å²) >= 11 is 0. The second-order valence-electron chi connectivity index (χ2n) is 4.93. The van der Waals surface area contributed by atoms with E-state index in [1.165, 1.54) is 12.1 Å². The average Bonchev–Trinajstić information content (AvgIpc) is 2.46. The maximum Gasteiger partial charge on any atom is 0.418 e. The molecular weight excluding hydrogens is 271 g/mol. The van der Waals surface area contributed by atoms with E-state index in [0.29, 0.717) is 13.1 Å². The van der Waals surface area contributed by atoms with E-state index in [-0.39, 0.29) is 17.4 Å². The Hall–Kier alpha value is -1.27. The van der Waals surface area contributed by atoms with Crippen molar-refractivity contribution in [1.82, 2.24) is 0 Å². The Bertz CT molecular complexity index is 454. The van der Waals surface area contributed by atoms with Crippen molar-refractivity contribution in [2.24, 2.45) is 0 Å². The first-order valence-corrected chi connectivity index (χ1v) is 6.54. The van der Waals surface area contributed by atoms with Gasteiger partial charge in [0.2, 0.25) is 0 Å². The van der Waals surface area contributed by atoms with Gasteiger partial charge in [-0.05, 0) is 30.5 Å². The number of alkyl halides is 3. The lowest BCUT2D eigenvalue weighted by molar-refractivity contribution is -0.137. The summed E-state index contributed by atoms with van der Waals surface area (Å²) in [6, 6.07) is 4.01. The molecule has 112 valence electrons. The van der Waals surface area contributed by atoms with Crippen LogP contribution in [0.3, 0.4) is 0 Å². The van der Waals surface area contributed by atoms with Gasteiger partial charge in [0.25, 0.3) is 0 Å². The fourth-order valence-corrected chi connectivity index (χ4v) is 2.52. The fraction of sp³-hybridized carbons (Fsp3) is 0.571. The molecule has 0 atom stereocenters. The van der Waals surface area contributed by atoms with Gasteiger partial charge in [0.05, 0.1) is 18.3 Å². The van der Waals surface area contributed by atoms with E-state index in [1.807, 2.05) is 0 Å². The summed E-state index contributed by atoms with van der Waals surface area (Å²) in [6.45, 7) is 0.690. The molecule has 0 aliphatic carbocycles. The largest absolute Gasteiger partial charge is 0.418 e. The van der Waals surface area contributed by atoms with Gasteiger partial charge in [0.1, 0.15) is 0 Å². The molecule has 0 amide bonds. The molecule has 20 heavy (non-hydrogen) atoms. The summed E-state index contributed by atoms with van der Waals surface area (Å²) in [5, 5.41) is 9.00. The average molecular weight is 289 g/mol. The predicted octanol–water partition coefficient (Wildman–Crippen LogP) is 2.81. The van der Waals surface area contributed by atoms with Gasteiger partial charge in [-0.2, -0.15) is 13.2 Å². The number of piperidine rings is 1. The van der Waals surface area contributed by atoms with Crippen LogP contribution in [0.1, 0.15) is 24.0 Å². The highest BCUT2D eigenvalue weighted by Crippen LogP contribution is 2.38. The monoisotopic (exact) mass is 289 g/mol. The minimum absolute atomic E-state index is 0.123. The van der Waals surface area contributed by atoms with E-state index in [1.54, 1.807) is 12.0 Å². The van der Waals surface area contributed by atoms with E-state index in [9.17, 15) is 13.2 Å². The van der Waals surface area contributed by atoms with Crippen LogP contribution in [0.15, 0.2) is 18.2 Å². The summed E-state index contributed by atoms with van der Waals surface area (Å²) in [5.74, 6) is 0. The topological polar surface area (TPSA) is 32.7 Å². The Morgan fingerprint density at radius 2 is 1.95 bits per heavy atom. The van der Waals surface area contributed by atoms with Crippen LogP contribution in [-0.4, -0.2) is 31.4 Å². The van der Waals surface area contributed by atoms with Crippen LogP contribution in [0.2, 0.25) is 0 Å². The minimum atomic E-state index is -4.42. The Balaban J connectivity index is 2.27. The summed E-state index contributed by atoms with van der Waals surface area (Å²) < 4.78 is 44.6. The van der Waals surface area contributed by atoms with Crippen molar-refractivity contribution in [1.29, 1.82) is 0 Å². The zero-order chi connectivity index (χ0) is 14.8. The highest BCUT2D eigenvalue weighted by Gasteiger charge is 2.35. The normalized spacial score (nSPS) is 17.6. The van der Waals surface area contributed by atoms with Gasteiger partial charge in [-0.3, -0.25) is 0 Å². The van der Waals surface area contributed by atoms with Crippen LogP contribution in [-0.2, 0) is 17.5 Å². The van der Waals surface area contributed by atoms with Gasteiger partial charge in [-0.15, -0.1) is 0 Å². The number of aliphatic hydroxyl groups excluding tert-OH is 1. The maximum absolute atomic E-state index is 13.1. The second-order valence-corrected chi connectivity index (χ2v) is 4.93. The van der Waals surface area contributed by atoms with Crippen molar-refractivity contribution in [2.75, 3.05) is 25.1 Å². The Morgan fingerprint density at radius 1 is 1.30 bits per heavy atom. The highest BCUT2D eigenvalue weighted by molar-refractivity contribution is 5.56. The van der Waals surface area contributed by atoms with Gasteiger partial charge < -0.3 is 14.7 Å². The van der Waals surface area contributed by atoms with Crippen molar-refractivity contribution in [3.8, 4) is 0 Å².